The molecule has 4 rings (SSSR count). The molecule has 0 fully saturated rings. The third kappa shape index (κ3) is 3.02. The van der Waals surface area contributed by atoms with Gasteiger partial charge in [-0.25, -0.2) is 0 Å². The molecule has 25 heavy (non-hydrogen) atoms. The average Bonchev–Trinajstić information content (AvgIpc) is 3.08. The Morgan fingerprint density at radius 1 is 0.880 bits per heavy atom. The lowest BCUT2D eigenvalue weighted by molar-refractivity contribution is -0.384. The van der Waals surface area contributed by atoms with Crippen LogP contribution in [0, 0.1) is 10.1 Å². The van der Waals surface area contributed by atoms with Crippen molar-refractivity contribution in [2.45, 2.75) is 6.42 Å². The zero-order valence-corrected chi connectivity index (χ0v) is 13.5. The molecule has 122 valence electrons. The van der Waals surface area contributed by atoms with Crippen molar-refractivity contribution in [3.05, 3.63) is 100 Å². The van der Waals surface area contributed by atoms with E-state index in [4.69, 9.17) is 0 Å². The van der Waals surface area contributed by atoms with Crippen molar-refractivity contribution in [3.8, 4) is 11.3 Å². The molecule has 0 amide bonds. The van der Waals surface area contributed by atoms with Crippen LogP contribution in [0.2, 0.25) is 0 Å². The topological polar surface area (TPSA) is 58.9 Å². The van der Waals surface area contributed by atoms with E-state index in [2.05, 4.69) is 41.4 Å². The molecular formula is C21H16N2O2. The molecule has 1 N–H and O–H groups in total. The van der Waals surface area contributed by atoms with Crippen LogP contribution >= 0.6 is 0 Å². The molecule has 0 saturated heterocycles. The van der Waals surface area contributed by atoms with Gasteiger partial charge in [-0.2, -0.15) is 0 Å². The summed E-state index contributed by atoms with van der Waals surface area (Å²) in [4.78, 5) is 13.9. The van der Waals surface area contributed by atoms with Gasteiger partial charge in [0.1, 0.15) is 0 Å². The molecule has 4 nitrogen and oxygen atoms in total. The Morgan fingerprint density at radius 3 is 2.36 bits per heavy atom. The van der Waals surface area contributed by atoms with Crippen LogP contribution in [0.3, 0.4) is 0 Å². The van der Waals surface area contributed by atoms with Crippen LogP contribution in [0.1, 0.15) is 11.1 Å². The fourth-order valence-electron chi connectivity index (χ4n) is 3.10. The number of fused-ring (bicyclic) bond motifs is 1. The molecule has 0 aliphatic heterocycles. The first-order chi connectivity index (χ1) is 12.2. The largest absolute Gasteiger partial charge is 0.354 e. The Bertz CT molecular complexity index is 1030. The fourth-order valence-corrected chi connectivity index (χ4v) is 3.10. The highest BCUT2D eigenvalue weighted by Gasteiger charge is 2.09. The molecule has 0 aliphatic carbocycles. The van der Waals surface area contributed by atoms with Crippen molar-refractivity contribution in [1.29, 1.82) is 0 Å². The Hall–Kier alpha value is -3.40. The molecule has 0 saturated carbocycles. The van der Waals surface area contributed by atoms with Crippen LogP contribution in [0.25, 0.3) is 22.2 Å². The molecule has 0 radical (unpaired) electrons. The van der Waals surface area contributed by atoms with E-state index >= 15 is 0 Å². The molecule has 0 unspecified atom stereocenters. The third-order valence-electron chi connectivity index (χ3n) is 4.37. The van der Waals surface area contributed by atoms with Gasteiger partial charge in [-0.1, -0.05) is 48.5 Å². The van der Waals surface area contributed by atoms with Crippen LogP contribution in [0.4, 0.5) is 5.69 Å². The van der Waals surface area contributed by atoms with Crippen LogP contribution in [-0.4, -0.2) is 9.91 Å². The average molecular weight is 328 g/mol. The molecule has 4 aromatic rings. The van der Waals surface area contributed by atoms with E-state index in [1.807, 2.05) is 18.2 Å². The molecule has 0 spiro atoms. The summed E-state index contributed by atoms with van der Waals surface area (Å²) >= 11 is 0. The minimum absolute atomic E-state index is 0.102. The summed E-state index contributed by atoms with van der Waals surface area (Å²) in [5, 5.41) is 11.9. The summed E-state index contributed by atoms with van der Waals surface area (Å²) in [7, 11) is 0. The van der Waals surface area contributed by atoms with Crippen molar-refractivity contribution in [1.82, 2.24) is 4.98 Å². The first-order valence-electron chi connectivity index (χ1n) is 8.10. The smallest absolute Gasteiger partial charge is 0.269 e. The summed E-state index contributed by atoms with van der Waals surface area (Å²) in [5.74, 6) is 0. The Balaban J connectivity index is 1.72. The lowest BCUT2D eigenvalue weighted by atomic mass is 10.0. The van der Waals surface area contributed by atoms with E-state index in [0.29, 0.717) is 0 Å². The van der Waals surface area contributed by atoms with Crippen LogP contribution < -0.4 is 0 Å². The quantitative estimate of drug-likeness (QED) is 0.406. The highest BCUT2D eigenvalue weighted by atomic mass is 16.6. The van der Waals surface area contributed by atoms with Gasteiger partial charge in [-0.3, -0.25) is 10.1 Å². The molecule has 1 aromatic heterocycles. The number of nitrogens with one attached hydrogen (secondary N) is 1. The van der Waals surface area contributed by atoms with Gasteiger partial charge >= 0.3 is 0 Å². The van der Waals surface area contributed by atoms with Gasteiger partial charge in [0.05, 0.1) is 4.92 Å². The molecule has 3 aromatic carbocycles. The van der Waals surface area contributed by atoms with Crippen molar-refractivity contribution in [2.24, 2.45) is 0 Å². The number of para-hydroxylation sites is 1. The number of nitrogens with zero attached hydrogens (tertiary/aromatic N) is 1. The predicted octanol–water partition coefficient (Wildman–Crippen LogP) is 5.33. The van der Waals surface area contributed by atoms with Crippen molar-refractivity contribution >= 4 is 16.6 Å². The normalized spacial score (nSPS) is 10.9. The van der Waals surface area contributed by atoms with E-state index in [1.165, 1.54) is 23.3 Å². The maximum absolute atomic E-state index is 10.8. The number of nitro groups is 1. The van der Waals surface area contributed by atoms with Crippen LogP contribution in [0.5, 0.6) is 0 Å². The van der Waals surface area contributed by atoms with E-state index < -0.39 is 0 Å². The van der Waals surface area contributed by atoms with Gasteiger partial charge in [0.2, 0.25) is 0 Å². The van der Waals surface area contributed by atoms with Gasteiger partial charge < -0.3 is 4.98 Å². The van der Waals surface area contributed by atoms with Crippen molar-refractivity contribution in [2.75, 3.05) is 0 Å². The number of nitro benzene ring substituents is 1. The SMILES string of the molecule is O=[N+]([O-])c1ccc(-c2cc3cccc(Cc4ccccc4)c3[nH]2)cc1. The Labute approximate surface area is 144 Å². The number of aromatic amines is 1. The lowest BCUT2D eigenvalue weighted by Gasteiger charge is -2.04. The molecule has 0 aliphatic rings. The number of hydrogen-bond donors (Lipinski definition) is 1. The van der Waals surface area contributed by atoms with Crippen LogP contribution in [-0.2, 0) is 6.42 Å². The fraction of sp³-hybridized carbons (Fsp3) is 0.0476. The standard InChI is InChI=1S/C21H16N2O2/c24-23(25)19-11-9-16(10-12-19)20-14-18-8-4-7-17(21(18)22-20)13-15-5-2-1-3-6-15/h1-12,14,22H,13H2. The first-order valence-corrected chi connectivity index (χ1v) is 8.10. The second-order valence-corrected chi connectivity index (χ2v) is 6.03. The highest BCUT2D eigenvalue weighted by Crippen LogP contribution is 2.28. The number of benzene rings is 3. The van der Waals surface area contributed by atoms with Crippen molar-refractivity contribution in [3.63, 3.8) is 0 Å². The van der Waals surface area contributed by atoms with Gasteiger partial charge in [0, 0.05) is 28.7 Å². The minimum Gasteiger partial charge on any atom is -0.354 e. The molecular weight excluding hydrogens is 312 g/mol. The second kappa shape index (κ2) is 6.24. The second-order valence-electron chi connectivity index (χ2n) is 6.03. The first kappa shape index (κ1) is 15.1. The molecule has 4 heteroatoms. The summed E-state index contributed by atoms with van der Waals surface area (Å²) in [6.45, 7) is 0. The van der Waals surface area contributed by atoms with Gasteiger partial charge in [0.25, 0.3) is 5.69 Å². The summed E-state index contributed by atoms with van der Waals surface area (Å²) in [6, 6.07) is 25.3. The summed E-state index contributed by atoms with van der Waals surface area (Å²) in [5.41, 5.74) is 5.61. The van der Waals surface area contributed by atoms with E-state index in [-0.39, 0.29) is 10.6 Å². The van der Waals surface area contributed by atoms with Gasteiger partial charge in [-0.15, -0.1) is 0 Å². The number of aromatic nitrogens is 1. The zero-order valence-electron chi connectivity index (χ0n) is 13.5. The summed E-state index contributed by atoms with van der Waals surface area (Å²) < 4.78 is 0. The van der Waals surface area contributed by atoms with Crippen LogP contribution in [0.15, 0.2) is 78.9 Å². The molecule has 0 atom stereocenters. The van der Waals surface area contributed by atoms with Gasteiger partial charge in [-0.05, 0) is 41.3 Å². The van der Waals surface area contributed by atoms with E-state index in [1.54, 1.807) is 12.1 Å². The van der Waals surface area contributed by atoms with Crippen molar-refractivity contribution < 1.29 is 4.92 Å². The number of hydrogen-bond acceptors (Lipinski definition) is 2. The third-order valence-corrected chi connectivity index (χ3v) is 4.37. The highest BCUT2D eigenvalue weighted by molar-refractivity contribution is 5.88. The number of H-pyrrole nitrogens is 1. The predicted molar refractivity (Wildman–Crippen MR) is 99.6 cm³/mol. The molecule has 1 heterocycles. The number of rotatable bonds is 4. The van der Waals surface area contributed by atoms with Gasteiger partial charge in [0.15, 0.2) is 0 Å². The lowest BCUT2D eigenvalue weighted by Crippen LogP contribution is -1.89. The maximum Gasteiger partial charge on any atom is 0.269 e. The van der Waals surface area contributed by atoms with E-state index in [9.17, 15) is 10.1 Å². The zero-order chi connectivity index (χ0) is 17.2. The minimum atomic E-state index is -0.382. The summed E-state index contributed by atoms with van der Waals surface area (Å²) in [6.07, 6.45) is 0.860. The Kier molecular flexibility index (Phi) is 3.78. The Morgan fingerprint density at radius 2 is 1.64 bits per heavy atom. The number of non-ortho nitro benzene ring substituents is 1. The van der Waals surface area contributed by atoms with E-state index in [0.717, 1.165) is 28.6 Å². The molecule has 0 bridgehead atoms. The monoisotopic (exact) mass is 328 g/mol. The maximum atomic E-state index is 10.8.